The molecule has 0 aliphatic carbocycles. The number of rotatable bonds is 7. The van der Waals surface area contributed by atoms with Gasteiger partial charge in [0.25, 0.3) is 0 Å². The van der Waals surface area contributed by atoms with Crippen LogP contribution in [0, 0.1) is 6.92 Å². The summed E-state index contributed by atoms with van der Waals surface area (Å²) in [6.07, 6.45) is -0.0542. The van der Waals surface area contributed by atoms with Crippen LogP contribution in [0.3, 0.4) is 0 Å². The molecule has 0 fully saturated rings. The summed E-state index contributed by atoms with van der Waals surface area (Å²) in [6, 6.07) is 13.4. The van der Waals surface area contributed by atoms with Gasteiger partial charge in [-0.05, 0) is 41.3 Å². The number of aryl methyl sites for hydroxylation is 1. The van der Waals surface area contributed by atoms with Gasteiger partial charge in [-0.1, -0.05) is 41.9 Å². The third-order valence-corrected chi connectivity index (χ3v) is 5.84. The van der Waals surface area contributed by atoms with E-state index in [1.807, 2.05) is 49.4 Å². The highest BCUT2D eigenvalue weighted by Crippen LogP contribution is 2.46. The van der Waals surface area contributed by atoms with Crippen molar-refractivity contribution in [3.05, 3.63) is 58.6 Å². The summed E-state index contributed by atoms with van der Waals surface area (Å²) in [5.41, 5.74) is 3.99. The second kappa shape index (κ2) is 8.09. The van der Waals surface area contributed by atoms with Crippen molar-refractivity contribution in [2.45, 2.75) is 13.3 Å². The van der Waals surface area contributed by atoms with Crippen molar-refractivity contribution in [3.63, 3.8) is 0 Å². The van der Waals surface area contributed by atoms with Crippen LogP contribution in [0.25, 0.3) is 11.1 Å². The van der Waals surface area contributed by atoms with Crippen LogP contribution in [0.4, 0.5) is 0 Å². The molecule has 24 heavy (non-hydrogen) atoms. The summed E-state index contributed by atoms with van der Waals surface area (Å²) in [5, 5.41) is 0.692. The van der Waals surface area contributed by atoms with E-state index in [9.17, 15) is 9.36 Å². The molecule has 0 aliphatic rings. The topological polar surface area (TPSA) is 52.6 Å². The molecule has 4 nitrogen and oxygen atoms in total. The molecule has 0 spiro atoms. The lowest BCUT2D eigenvalue weighted by Gasteiger charge is -2.13. The monoisotopic (exact) mass is 366 g/mol. The fraction of sp³-hybridized carbons (Fsp3) is 0.278. The summed E-state index contributed by atoms with van der Waals surface area (Å²) in [6.45, 7) is 1.99. The molecule has 6 heteroatoms. The van der Waals surface area contributed by atoms with E-state index in [0.717, 1.165) is 22.3 Å². The molecular formula is C18H20ClO4P. The molecule has 0 radical (unpaired) electrons. The predicted octanol–water partition coefficient (Wildman–Crippen LogP) is 4.91. The standard InChI is InChI=1S/C18H20ClO4P/c1-13-9-16(19)7-8-18(13)15-6-4-5-14(10-15)11-17(20)12-24(21,22-2)23-3/h4-10H,11-12H2,1-3H3. The van der Waals surface area contributed by atoms with E-state index < -0.39 is 7.60 Å². The maximum Gasteiger partial charge on any atom is 0.337 e. The molecule has 0 amide bonds. The summed E-state index contributed by atoms with van der Waals surface area (Å²) in [7, 11) is -0.763. The maximum absolute atomic E-state index is 12.2. The summed E-state index contributed by atoms with van der Waals surface area (Å²) >= 11 is 6.00. The third-order valence-electron chi connectivity index (χ3n) is 3.75. The number of hydrogen-bond acceptors (Lipinski definition) is 4. The van der Waals surface area contributed by atoms with Crippen molar-refractivity contribution in [2.75, 3.05) is 20.4 Å². The van der Waals surface area contributed by atoms with Crippen molar-refractivity contribution in [2.24, 2.45) is 0 Å². The van der Waals surface area contributed by atoms with Gasteiger partial charge in [-0.3, -0.25) is 9.36 Å². The molecule has 0 bridgehead atoms. The molecule has 0 N–H and O–H groups in total. The van der Waals surface area contributed by atoms with E-state index in [2.05, 4.69) is 0 Å². The minimum Gasteiger partial charge on any atom is -0.312 e. The zero-order valence-corrected chi connectivity index (χ0v) is 15.6. The Morgan fingerprint density at radius 3 is 2.46 bits per heavy atom. The molecule has 0 unspecified atom stereocenters. The van der Waals surface area contributed by atoms with Crippen LogP contribution in [-0.2, 0) is 24.8 Å². The normalized spacial score (nSPS) is 11.5. The zero-order valence-electron chi connectivity index (χ0n) is 13.9. The first kappa shape index (κ1) is 18.9. The van der Waals surface area contributed by atoms with Gasteiger partial charge in [0.15, 0.2) is 0 Å². The van der Waals surface area contributed by atoms with E-state index >= 15 is 0 Å². The Hall–Kier alpha value is -1.45. The smallest absolute Gasteiger partial charge is 0.312 e. The molecule has 0 heterocycles. The summed E-state index contributed by atoms with van der Waals surface area (Å²) in [4.78, 5) is 12.2. The second-order valence-electron chi connectivity index (χ2n) is 5.51. The van der Waals surface area contributed by atoms with Gasteiger partial charge in [-0.25, -0.2) is 0 Å². The highest BCUT2D eigenvalue weighted by Gasteiger charge is 2.25. The van der Waals surface area contributed by atoms with Crippen LogP contribution in [0.5, 0.6) is 0 Å². The Morgan fingerprint density at radius 2 is 1.83 bits per heavy atom. The highest BCUT2D eigenvalue weighted by molar-refractivity contribution is 7.54. The lowest BCUT2D eigenvalue weighted by molar-refractivity contribution is -0.116. The first-order valence-corrected chi connectivity index (χ1v) is 9.55. The Morgan fingerprint density at radius 1 is 1.12 bits per heavy atom. The van der Waals surface area contributed by atoms with Crippen LogP contribution in [-0.4, -0.2) is 26.2 Å². The first-order valence-electron chi connectivity index (χ1n) is 7.44. The lowest BCUT2D eigenvalue weighted by Crippen LogP contribution is -2.10. The Labute approximate surface area is 147 Å². The number of hydrogen-bond donors (Lipinski definition) is 0. The number of carbonyl (C=O) groups excluding carboxylic acids is 1. The van der Waals surface area contributed by atoms with Gasteiger partial charge >= 0.3 is 7.60 Å². The number of Topliss-reactive ketones (excluding diaryl/α,β-unsaturated/α-hetero) is 1. The Bertz CT molecular complexity index is 780. The van der Waals surface area contributed by atoms with Crippen LogP contribution in [0.1, 0.15) is 11.1 Å². The molecule has 0 atom stereocenters. The van der Waals surface area contributed by atoms with E-state index in [1.165, 1.54) is 14.2 Å². The number of benzene rings is 2. The predicted molar refractivity (Wildman–Crippen MR) is 96.8 cm³/mol. The number of halogens is 1. The lowest BCUT2D eigenvalue weighted by atomic mass is 9.97. The van der Waals surface area contributed by atoms with Gasteiger partial charge in [0, 0.05) is 25.7 Å². The molecule has 0 aromatic heterocycles. The SMILES string of the molecule is COP(=O)(CC(=O)Cc1cccc(-c2ccc(Cl)cc2C)c1)OC. The Balaban J connectivity index is 2.19. The van der Waals surface area contributed by atoms with Crippen molar-refractivity contribution in [1.82, 2.24) is 0 Å². The van der Waals surface area contributed by atoms with E-state index in [4.69, 9.17) is 20.6 Å². The van der Waals surface area contributed by atoms with Gasteiger partial charge in [0.05, 0.1) is 0 Å². The fourth-order valence-electron chi connectivity index (χ4n) is 2.50. The Kier molecular flexibility index (Phi) is 6.36. The molecule has 2 aromatic carbocycles. The van der Waals surface area contributed by atoms with E-state index in [-0.39, 0.29) is 18.4 Å². The first-order chi connectivity index (χ1) is 11.4. The highest BCUT2D eigenvalue weighted by atomic mass is 35.5. The average molecular weight is 367 g/mol. The minimum absolute atomic E-state index is 0.178. The van der Waals surface area contributed by atoms with Gasteiger partial charge in [-0.2, -0.15) is 0 Å². The van der Waals surface area contributed by atoms with Gasteiger partial charge in [-0.15, -0.1) is 0 Å². The molecule has 2 aromatic rings. The van der Waals surface area contributed by atoms with Crippen molar-refractivity contribution in [3.8, 4) is 11.1 Å². The van der Waals surface area contributed by atoms with Crippen LogP contribution in [0.2, 0.25) is 5.02 Å². The van der Waals surface area contributed by atoms with Crippen molar-refractivity contribution in [1.29, 1.82) is 0 Å². The molecule has 0 saturated heterocycles. The van der Waals surface area contributed by atoms with Crippen LogP contribution in [0.15, 0.2) is 42.5 Å². The van der Waals surface area contributed by atoms with Crippen molar-refractivity contribution >= 4 is 25.0 Å². The quantitative estimate of drug-likeness (QED) is 0.653. The number of ketones is 1. The van der Waals surface area contributed by atoms with E-state index in [0.29, 0.717) is 5.02 Å². The summed E-state index contributed by atoms with van der Waals surface area (Å²) < 4.78 is 21.7. The third kappa shape index (κ3) is 4.78. The molecule has 2 rings (SSSR count). The molecule has 0 saturated carbocycles. The largest absolute Gasteiger partial charge is 0.337 e. The van der Waals surface area contributed by atoms with Crippen LogP contribution < -0.4 is 0 Å². The summed E-state index contributed by atoms with van der Waals surface area (Å²) in [5.74, 6) is -0.188. The van der Waals surface area contributed by atoms with Gasteiger partial charge < -0.3 is 9.05 Å². The van der Waals surface area contributed by atoms with Gasteiger partial charge in [0.2, 0.25) is 0 Å². The van der Waals surface area contributed by atoms with E-state index in [1.54, 1.807) is 0 Å². The molecule has 128 valence electrons. The van der Waals surface area contributed by atoms with Crippen molar-refractivity contribution < 1.29 is 18.4 Å². The van der Waals surface area contributed by atoms with Crippen LogP contribution >= 0.6 is 19.2 Å². The average Bonchev–Trinajstić information content (AvgIpc) is 2.54. The zero-order chi connectivity index (χ0) is 17.7. The fourth-order valence-corrected chi connectivity index (χ4v) is 3.68. The second-order valence-corrected chi connectivity index (χ2v) is 8.21. The number of carbonyl (C=O) groups is 1. The maximum atomic E-state index is 12.2. The molecule has 0 aliphatic heterocycles. The van der Waals surface area contributed by atoms with Gasteiger partial charge in [0.1, 0.15) is 11.9 Å². The molecular weight excluding hydrogens is 347 g/mol. The minimum atomic E-state index is -3.32.